The summed E-state index contributed by atoms with van der Waals surface area (Å²) in [6, 6.07) is 14.4. The van der Waals surface area contributed by atoms with E-state index in [1.54, 1.807) is 42.7 Å². The Morgan fingerprint density at radius 1 is 1.16 bits per heavy atom. The predicted molar refractivity (Wildman–Crippen MR) is 147 cm³/mol. The Morgan fingerprint density at radius 2 is 1.92 bits per heavy atom. The number of amides is 1. The van der Waals surface area contributed by atoms with Crippen LogP contribution < -0.4 is 15.8 Å². The first kappa shape index (κ1) is 25.9. The van der Waals surface area contributed by atoms with Crippen LogP contribution >= 0.6 is 0 Å². The SMILES string of the molecule is CC(C)c1cccc(C(=O)Nc2cc(C=NC3CCC(O)(C4CC4)CC3)c(N)cc2-c2ccccn2)[n+]1O. The summed E-state index contributed by atoms with van der Waals surface area (Å²) in [5.74, 6) is 0.0509. The van der Waals surface area contributed by atoms with Crippen LogP contribution in [0, 0.1) is 5.92 Å². The van der Waals surface area contributed by atoms with Gasteiger partial charge in [-0.1, -0.05) is 19.9 Å². The number of carbonyl (C=O) groups is 1. The largest absolute Gasteiger partial charge is 0.398 e. The quantitative estimate of drug-likeness (QED) is 0.157. The molecule has 0 saturated heterocycles. The van der Waals surface area contributed by atoms with Gasteiger partial charge in [0.2, 0.25) is 5.69 Å². The van der Waals surface area contributed by atoms with E-state index in [1.807, 2.05) is 32.0 Å². The maximum absolute atomic E-state index is 13.3. The standard InChI is InChI=1S/C30H35N5O3/c1-19(2)27-7-5-8-28(35(27)38)29(36)34-26-16-20(24(31)17-23(26)25-6-3-4-15-32-25)18-33-22-11-13-30(37,14-12-22)21-9-10-21/h3-8,15-19,21-22,31,36-38H,9-14H2,1-2H3/p+1. The molecular weight excluding hydrogens is 478 g/mol. The Morgan fingerprint density at radius 3 is 2.58 bits per heavy atom. The van der Waals surface area contributed by atoms with Gasteiger partial charge in [-0.15, -0.1) is 0 Å². The van der Waals surface area contributed by atoms with Crippen LogP contribution in [-0.2, 0) is 0 Å². The average Bonchev–Trinajstić information content (AvgIpc) is 3.76. The van der Waals surface area contributed by atoms with Crippen molar-refractivity contribution in [2.75, 3.05) is 11.1 Å². The highest BCUT2D eigenvalue weighted by atomic mass is 16.5. The van der Waals surface area contributed by atoms with Crippen LogP contribution in [0.1, 0.15) is 80.0 Å². The number of hydrogen-bond donors (Lipinski definition) is 4. The van der Waals surface area contributed by atoms with E-state index >= 15 is 0 Å². The van der Waals surface area contributed by atoms with Gasteiger partial charge >= 0.3 is 11.6 Å². The fraction of sp³-hybridized carbons (Fsp3) is 0.400. The highest BCUT2D eigenvalue weighted by molar-refractivity contribution is 6.05. The topological polar surface area (TPSA) is 125 Å². The van der Waals surface area contributed by atoms with Crippen molar-refractivity contribution < 1.29 is 19.8 Å². The summed E-state index contributed by atoms with van der Waals surface area (Å²) in [6.45, 7) is 3.90. The molecule has 2 aromatic heterocycles. The maximum atomic E-state index is 13.3. The molecule has 3 aromatic rings. The van der Waals surface area contributed by atoms with Crippen molar-refractivity contribution in [1.82, 2.24) is 4.98 Å². The predicted octanol–water partition coefficient (Wildman–Crippen LogP) is 4.73. The van der Waals surface area contributed by atoms with Gasteiger partial charge in [0.25, 0.3) is 0 Å². The number of rotatable bonds is 7. The number of nitrogens with zero attached hydrogens (tertiary/aromatic N) is 3. The number of aliphatic hydroxyl groups is 1. The summed E-state index contributed by atoms with van der Waals surface area (Å²) in [6.07, 6.45) is 8.99. The number of nitrogen functional groups attached to an aromatic ring is 1. The molecule has 0 bridgehead atoms. The molecule has 8 nitrogen and oxygen atoms in total. The Bertz CT molecular complexity index is 1340. The van der Waals surface area contributed by atoms with Crippen LogP contribution in [-0.4, -0.2) is 39.1 Å². The van der Waals surface area contributed by atoms with Crippen LogP contribution in [0.3, 0.4) is 0 Å². The van der Waals surface area contributed by atoms with Crippen molar-refractivity contribution in [1.29, 1.82) is 0 Å². The first-order valence-electron chi connectivity index (χ1n) is 13.4. The molecular formula is C30H36N5O3+. The van der Waals surface area contributed by atoms with E-state index in [2.05, 4.69) is 10.3 Å². The van der Waals surface area contributed by atoms with Crippen molar-refractivity contribution in [3.63, 3.8) is 0 Å². The Hall–Kier alpha value is -3.78. The van der Waals surface area contributed by atoms with Gasteiger partial charge in [-0.3, -0.25) is 20.0 Å². The lowest BCUT2D eigenvalue weighted by atomic mass is 9.79. The fourth-order valence-corrected chi connectivity index (χ4v) is 5.36. The monoisotopic (exact) mass is 514 g/mol. The molecule has 8 heteroatoms. The third kappa shape index (κ3) is 5.41. The lowest BCUT2D eigenvalue weighted by Gasteiger charge is -2.35. The fourth-order valence-electron chi connectivity index (χ4n) is 5.36. The molecule has 5 N–H and O–H groups in total. The van der Waals surface area contributed by atoms with Crippen LogP contribution in [0.4, 0.5) is 11.4 Å². The second-order valence-electron chi connectivity index (χ2n) is 10.9. The second-order valence-corrected chi connectivity index (χ2v) is 10.9. The van der Waals surface area contributed by atoms with Gasteiger partial charge in [0.05, 0.1) is 23.0 Å². The molecule has 2 aliphatic carbocycles. The first-order valence-corrected chi connectivity index (χ1v) is 13.4. The number of aliphatic imine (C=N–C) groups is 1. The Labute approximate surface area is 223 Å². The van der Waals surface area contributed by atoms with Crippen molar-refractivity contribution in [3.05, 3.63) is 71.7 Å². The molecule has 2 saturated carbocycles. The molecule has 2 fully saturated rings. The summed E-state index contributed by atoms with van der Waals surface area (Å²) >= 11 is 0. The van der Waals surface area contributed by atoms with E-state index in [0.717, 1.165) is 43.3 Å². The highest BCUT2D eigenvalue weighted by Crippen LogP contribution is 2.47. The van der Waals surface area contributed by atoms with Gasteiger partial charge < -0.3 is 16.2 Å². The van der Waals surface area contributed by atoms with Gasteiger partial charge in [0.1, 0.15) is 0 Å². The molecule has 5 rings (SSSR count). The summed E-state index contributed by atoms with van der Waals surface area (Å²) < 4.78 is 0.937. The minimum Gasteiger partial charge on any atom is -0.398 e. The molecule has 1 aromatic carbocycles. The molecule has 2 aliphatic rings. The average molecular weight is 515 g/mol. The van der Waals surface area contributed by atoms with E-state index in [0.29, 0.717) is 39.8 Å². The van der Waals surface area contributed by atoms with E-state index in [4.69, 9.17) is 10.7 Å². The van der Waals surface area contributed by atoms with Gasteiger partial charge in [-0.2, -0.15) is 0 Å². The lowest BCUT2D eigenvalue weighted by molar-refractivity contribution is -0.911. The third-order valence-corrected chi connectivity index (χ3v) is 7.81. The van der Waals surface area contributed by atoms with E-state index in [-0.39, 0.29) is 17.7 Å². The zero-order valence-electron chi connectivity index (χ0n) is 22.0. The third-order valence-electron chi connectivity index (χ3n) is 7.81. The zero-order valence-corrected chi connectivity index (χ0v) is 22.0. The summed E-state index contributed by atoms with van der Waals surface area (Å²) in [4.78, 5) is 22.6. The molecule has 2 heterocycles. The lowest BCUT2D eigenvalue weighted by Crippen LogP contribution is -2.43. The molecule has 0 aliphatic heterocycles. The van der Waals surface area contributed by atoms with Crippen LogP contribution in [0.15, 0.2) is 59.7 Å². The number of pyridine rings is 2. The van der Waals surface area contributed by atoms with Gasteiger partial charge in [0, 0.05) is 52.0 Å². The minimum atomic E-state index is -0.511. The van der Waals surface area contributed by atoms with Crippen molar-refractivity contribution >= 4 is 23.5 Å². The number of anilines is 2. The zero-order chi connectivity index (χ0) is 26.9. The molecule has 0 unspecified atom stereocenters. The van der Waals surface area contributed by atoms with Crippen LogP contribution in [0.2, 0.25) is 0 Å². The smallest absolute Gasteiger partial charge is 0.325 e. The van der Waals surface area contributed by atoms with E-state index in [1.165, 1.54) is 0 Å². The Kier molecular flexibility index (Phi) is 7.17. The number of hydrogen-bond acceptors (Lipinski definition) is 6. The Balaban J connectivity index is 1.43. The van der Waals surface area contributed by atoms with E-state index in [9.17, 15) is 15.1 Å². The summed E-state index contributed by atoms with van der Waals surface area (Å²) in [5, 5.41) is 24.5. The second kappa shape index (κ2) is 10.5. The van der Waals surface area contributed by atoms with Crippen LogP contribution in [0.5, 0.6) is 0 Å². The van der Waals surface area contributed by atoms with E-state index < -0.39 is 11.5 Å². The van der Waals surface area contributed by atoms with Gasteiger partial charge in [0.15, 0.2) is 0 Å². The molecule has 1 amide bonds. The van der Waals surface area contributed by atoms with Crippen molar-refractivity contribution in [2.45, 2.75) is 69.9 Å². The molecule has 0 radical (unpaired) electrons. The number of aromatic nitrogens is 2. The number of nitrogens with one attached hydrogen (secondary N) is 1. The maximum Gasteiger partial charge on any atom is 0.325 e. The first-order chi connectivity index (χ1) is 18.2. The van der Waals surface area contributed by atoms with Gasteiger partial charge in [-0.05, 0) is 74.8 Å². The molecule has 38 heavy (non-hydrogen) atoms. The molecule has 198 valence electrons. The highest BCUT2D eigenvalue weighted by Gasteiger charge is 2.45. The van der Waals surface area contributed by atoms with Crippen LogP contribution in [0.25, 0.3) is 11.3 Å². The number of benzene rings is 1. The van der Waals surface area contributed by atoms with Crippen molar-refractivity contribution in [2.24, 2.45) is 10.9 Å². The number of carbonyl (C=O) groups excluding carboxylic acids is 1. The van der Waals surface area contributed by atoms with Gasteiger partial charge in [-0.25, -0.2) is 0 Å². The summed E-state index contributed by atoms with van der Waals surface area (Å²) in [5.41, 5.74) is 9.76. The normalized spacial score (nSPS) is 21.6. The minimum absolute atomic E-state index is 0.0382. The van der Waals surface area contributed by atoms with Crippen molar-refractivity contribution in [3.8, 4) is 11.3 Å². The molecule has 0 spiro atoms. The number of nitrogens with two attached hydrogens (primary N) is 1. The molecule has 0 atom stereocenters. The summed E-state index contributed by atoms with van der Waals surface area (Å²) in [7, 11) is 0.